The molecule has 1 aromatic rings. The number of Topliss-reactive ketones (excluding diaryl/α,β-unsaturated/α-hetero) is 1. The molecule has 1 fully saturated rings. The smallest absolute Gasteiger partial charge is 0.176 e. The second-order valence-corrected chi connectivity index (χ2v) is 4.57. The van der Waals surface area contributed by atoms with Crippen molar-refractivity contribution in [3.05, 3.63) is 35.6 Å². The molecule has 0 unspecified atom stereocenters. The number of nitrogens with zero attached hydrogens (tertiary/aromatic N) is 1. The third-order valence-corrected chi connectivity index (χ3v) is 2.85. The highest BCUT2D eigenvalue weighted by Crippen LogP contribution is 2.29. The number of halogens is 1. The van der Waals surface area contributed by atoms with E-state index in [4.69, 9.17) is 0 Å². The summed E-state index contributed by atoms with van der Waals surface area (Å²) >= 11 is 0. The lowest BCUT2D eigenvalue weighted by Crippen LogP contribution is -2.27. The Morgan fingerprint density at radius 1 is 1.38 bits per heavy atom. The Labute approximate surface area is 95.1 Å². The Bertz CT molecular complexity index is 370. The van der Waals surface area contributed by atoms with Crippen LogP contribution in [0.25, 0.3) is 0 Å². The molecule has 0 heterocycles. The Balaban J connectivity index is 1.88. The maximum absolute atomic E-state index is 12.7. The van der Waals surface area contributed by atoms with Gasteiger partial charge in [-0.05, 0) is 50.1 Å². The molecule has 0 aromatic heterocycles. The summed E-state index contributed by atoms with van der Waals surface area (Å²) in [6, 6.07) is 5.74. The van der Waals surface area contributed by atoms with Gasteiger partial charge in [-0.2, -0.15) is 0 Å². The molecule has 1 aromatic carbocycles. The highest BCUT2D eigenvalue weighted by Gasteiger charge is 2.23. The molecule has 1 aliphatic rings. The lowest BCUT2D eigenvalue weighted by Gasteiger charge is -2.14. The van der Waals surface area contributed by atoms with Crippen LogP contribution in [0.3, 0.4) is 0 Å². The molecule has 1 saturated carbocycles. The van der Waals surface area contributed by atoms with Gasteiger partial charge in [0.25, 0.3) is 0 Å². The molecule has 0 spiro atoms. The fourth-order valence-corrected chi connectivity index (χ4v) is 1.78. The van der Waals surface area contributed by atoms with E-state index in [1.165, 1.54) is 25.0 Å². The number of carbonyl (C=O) groups excluding carboxylic acids is 1. The Morgan fingerprint density at radius 3 is 2.56 bits per heavy atom. The third-order valence-electron chi connectivity index (χ3n) is 2.85. The first-order valence-corrected chi connectivity index (χ1v) is 5.62. The zero-order chi connectivity index (χ0) is 11.5. The fourth-order valence-electron chi connectivity index (χ4n) is 1.78. The zero-order valence-electron chi connectivity index (χ0n) is 9.45. The van der Waals surface area contributed by atoms with Crippen LogP contribution in [0.5, 0.6) is 0 Å². The number of carbonyl (C=O) groups is 1. The third kappa shape index (κ3) is 3.14. The van der Waals surface area contributed by atoms with Gasteiger partial charge in [0.2, 0.25) is 0 Å². The summed E-state index contributed by atoms with van der Waals surface area (Å²) < 4.78 is 12.7. The van der Waals surface area contributed by atoms with Gasteiger partial charge in [0.1, 0.15) is 5.82 Å². The van der Waals surface area contributed by atoms with Gasteiger partial charge in [0.05, 0.1) is 6.54 Å². The molecule has 3 heteroatoms. The summed E-state index contributed by atoms with van der Waals surface area (Å²) in [7, 11) is 1.96. The lowest BCUT2D eigenvalue weighted by atomic mass is 10.1. The van der Waals surface area contributed by atoms with E-state index in [9.17, 15) is 9.18 Å². The molecule has 2 rings (SSSR count). The van der Waals surface area contributed by atoms with Gasteiger partial charge in [-0.15, -0.1) is 0 Å². The van der Waals surface area contributed by atoms with Crippen LogP contribution in [-0.2, 0) is 0 Å². The highest BCUT2D eigenvalue weighted by atomic mass is 19.1. The Kier molecular flexibility index (Phi) is 3.34. The van der Waals surface area contributed by atoms with Gasteiger partial charge >= 0.3 is 0 Å². The molecule has 2 nitrogen and oxygen atoms in total. The largest absolute Gasteiger partial charge is 0.299 e. The van der Waals surface area contributed by atoms with Gasteiger partial charge in [0, 0.05) is 12.1 Å². The molecule has 0 aliphatic heterocycles. The summed E-state index contributed by atoms with van der Waals surface area (Å²) in [4.78, 5) is 13.8. The minimum Gasteiger partial charge on any atom is -0.299 e. The highest BCUT2D eigenvalue weighted by molar-refractivity contribution is 5.97. The predicted molar refractivity (Wildman–Crippen MR) is 61.0 cm³/mol. The average Bonchev–Trinajstić information content (AvgIpc) is 3.02. The van der Waals surface area contributed by atoms with Crippen molar-refractivity contribution in [2.75, 3.05) is 20.1 Å². The minimum absolute atomic E-state index is 0.0585. The van der Waals surface area contributed by atoms with Gasteiger partial charge in [-0.3, -0.25) is 9.69 Å². The first kappa shape index (κ1) is 11.3. The van der Waals surface area contributed by atoms with Crippen molar-refractivity contribution < 1.29 is 9.18 Å². The quantitative estimate of drug-likeness (QED) is 0.711. The van der Waals surface area contributed by atoms with Crippen LogP contribution in [0, 0.1) is 11.7 Å². The van der Waals surface area contributed by atoms with Crippen LogP contribution in [0.1, 0.15) is 23.2 Å². The molecule has 0 atom stereocenters. The van der Waals surface area contributed by atoms with Crippen LogP contribution in [0.4, 0.5) is 4.39 Å². The van der Waals surface area contributed by atoms with E-state index in [1.54, 1.807) is 12.1 Å². The minimum atomic E-state index is -0.303. The van der Waals surface area contributed by atoms with Crippen molar-refractivity contribution >= 4 is 5.78 Å². The monoisotopic (exact) mass is 221 g/mol. The van der Waals surface area contributed by atoms with Crippen LogP contribution >= 0.6 is 0 Å². The van der Waals surface area contributed by atoms with E-state index in [2.05, 4.69) is 0 Å². The lowest BCUT2D eigenvalue weighted by molar-refractivity contribution is 0.0944. The van der Waals surface area contributed by atoms with E-state index in [-0.39, 0.29) is 11.6 Å². The van der Waals surface area contributed by atoms with Crippen molar-refractivity contribution in [2.24, 2.45) is 5.92 Å². The normalized spacial score (nSPS) is 15.4. The van der Waals surface area contributed by atoms with Crippen LogP contribution in [-0.4, -0.2) is 30.8 Å². The van der Waals surface area contributed by atoms with Crippen LogP contribution < -0.4 is 0 Å². The van der Waals surface area contributed by atoms with Gasteiger partial charge in [0.15, 0.2) is 5.78 Å². The van der Waals surface area contributed by atoms with E-state index in [0.29, 0.717) is 12.1 Å². The topological polar surface area (TPSA) is 20.3 Å². The molecule has 0 saturated heterocycles. The molecule has 0 radical (unpaired) electrons. The molecule has 0 amide bonds. The van der Waals surface area contributed by atoms with Gasteiger partial charge in [-0.25, -0.2) is 4.39 Å². The molecule has 0 N–H and O–H groups in total. The van der Waals surface area contributed by atoms with Gasteiger partial charge < -0.3 is 0 Å². The molecule has 16 heavy (non-hydrogen) atoms. The number of ketones is 1. The van der Waals surface area contributed by atoms with E-state index in [1.807, 2.05) is 11.9 Å². The number of likely N-dealkylation sites (N-methyl/N-ethyl adjacent to an activating group) is 1. The second-order valence-electron chi connectivity index (χ2n) is 4.57. The number of rotatable bonds is 5. The zero-order valence-corrected chi connectivity index (χ0v) is 9.45. The summed E-state index contributed by atoms with van der Waals surface area (Å²) in [5.41, 5.74) is 0.587. The van der Waals surface area contributed by atoms with Crippen molar-refractivity contribution in [3.8, 4) is 0 Å². The summed E-state index contributed by atoms with van der Waals surface area (Å²) in [5.74, 6) is 0.539. The maximum Gasteiger partial charge on any atom is 0.176 e. The van der Waals surface area contributed by atoms with Crippen LogP contribution in [0.2, 0.25) is 0 Å². The van der Waals surface area contributed by atoms with Crippen molar-refractivity contribution in [3.63, 3.8) is 0 Å². The molecular weight excluding hydrogens is 205 g/mol. The molecule has 86 valence electrons. The number of benzene rings is 1. The van der Waals surface area contributed by atoms with Crippen molar-refractivity contribution in [1.82, 2.24) is 4.90 Å². The summed E-state index contributed by atoms with van der Waals surface area (Å²) in [5, 5.41) is 0. The summed E-state index contributed by atoms with van der Waals surface area (Å²) in [6.07, 6.45) is 2.57. The Morgan fingerprint density at radius 2 is 2.00 bits per heavy atom. The fraction of sp³-hybridized carbons (Fsp3) is 0.462. The van der Waals surface area contributed by atoms with E-state index < -0.39 is 0 Å². The second kappa shape index (κ2) is 4.74. The van der Waals surface area contributed by atoms with Gasteiger partial charge in [-0.1, -0.05) is 0 Å². The Hall–Kier alpha value is -1.22. The number of hydrogen-bond donors (Lipinski definition) is 0. The molecular formula is C13H16FNO. The molecule has 1 aliphatic carbocycles. The first-order chi connectivity index (χ1) is 7.65. The predicted octanol–water partition coefficient (Wildman–Crippen LogP) is 2.35. The average molecular weight is 221 g/mol. The first-order valence-electron chi connectivity index (χ1n) is 5.62. The number of hydrogen-bond acceptors (Lipinski definition) is 2. The van der Waals surface area contributed by atoms with Crippen LogP contribution in [0.15, 0.2) is 24.3 Å². The summed E-state index contributed by atoms with van der Waals surface area (Å²) in [6.45, 7) is 1.41. The standard InChI is InChI=1S/C13H16FNO/c1-15(8-10-2-3-10)9-13(16)11-4-6-12(14)7-5-11/h4-7,10H,2-3,8-9H2,1H3. The molecule has 0 bridgehead atoms. The maximum atomic E-state index is 12.7. The SMILES string of the molecule is CN(CC(=O)c1ccc(F)cc1)CC1CC1. The van der Waals surface area contributed by atoms with E-state index in [0.717, 1.165) is 12.5 Å². The van der Waals surface area contributed by atoms with Crippen molar-refractivity contribution in [1.29, 1.82) is 0 Å². The van der Waals surface area contributed by atoms with Crippen molar-refractivity contribution in [2.45, 2.75) is 12.8 Å². The van der Waals surface area contributed by atoms with E-state index >= 15 is 0 Å².